The predicted molar refractivity (Wildman–Crippen MR) is 60.4 cm³/mol. The lowest BCUT2D eigenvalue weighted by Crippen LogP contribution is -2.32. The maximum absolute atomic E-state index is 5.61. The van der Waals surface area contributed by atoms with E-state index in [0.717, 1.165) is 18.5 Å². The van der Waals surface area contributed by atoms with Gasteiger partial charge in [0.15, 0.2) is 0 Å². The molecular weight excluding hydrogens is 228 g/mol. The van der Waals surface area contributed by atoms with Crippen molar-refractivity contribution >= 4 is 15.9 Å². The first-order valence-corrected chi connectivity index (χ1v) is 6.44. The molecule has 0 atom stereocenters. The first-order chi connectivity index (χ1) is 6.18. The van der Waals surface area contributed by atoms with Gasteiger partial charge in [-0.25, -0.2) is 0 Å². The predicted octanol–water partition coefficient (Wildman–Crippen LogP) is 3.61. The summed E-state index contributed by atoms with van der Waals surface area (Å²) in [4.78, 5) is 0. The number of ether oxygens (including phenoxy) is 1. The zero-order valence-electron chi connectivity index (χ0n) is 8.81. The number of alkyl halides is 1. The van der Waals surface area contributed by atoms with Gasteiger partial charge in [0, 0.05) is 18.5 Å². The molecule has 0 bridgehead atoms. The van der Waals surface area contributed by atoms with E-state index in [2.05, 4.69) is 29.8 Å². The molecule has 1 saturated carbocycles. The second kappa shape index (κ2) is 5.35. The Bertz CT molecular complexity index is 136. The summed E-state index contributed by atoms with van der Waals surface area (Å²) in [7, 11) is 0. The molecule has 0 N–H and O–H groups in total. The van der Waals surface area contributed by atoms with Crippen LogP contribution in [0.1, 0.15) is 39.5 Å². The highest BCUT2D eigenvalue weighted by atomic mass is 79.9. The van der Waals surface area contributed by atoms with E-state index in [1.165, 1.54) is 25.7 Å². The van der Waals surface area contributed by atoms with Crippen molar-refractivity contribution in [2.75, 3.05) is 18.5 Å². The van der Waals surface area contributed by atoms with Gasteiger partial charge >= 0.3 is 0 Å². The number of hydrogen-bond acceptors (Lipinski definition) is 1. The van der Waals surface area contributed by atoms with Crippen LogP contribution in [0.4, 0.5) is 0 Å². The van der Waals surface area contributed by atoms with Crippen LogP contribution >= 0.6 is 15.9 Å². The average Bonchev–Trinajstić information content (AvgIpc) is 2.01. The highest BCUT2D eigenvalue weighted by molar-refractivity contribution is 9.09. The maximum atomic E-state index is 5.61. The average molecular weight is 249 g/mol. The van der Waals surface area contributed by atoms with Crippen LogP contribution in [0.15, 0.2) is 0 Å². The fraction of sp³-hybridized carbons (Fsp3) is 1.00. The van der Waals surface area contributed by atoms with E-state index in [9.17, 15) is 0 Å². The monoisotopic (exact) mass is 248 g/mol. The van der Waals surface area contributed by atoms with Gasteiger partial charge in [0.25, 0.3) is 0 Å². The fourth-order valence-corrected chi connectivity index (χ4v) is 2.58. The van der Waals surface area contributed by atoms with Crippen LogP contribution in [0.3, 0.4) is 0 Å². The van der Waals surface area contributed by atoms with E-state index in [-0.39, 0.29) is 0 Å². The van der Waals surface area contributed by atoms with Gasteiger partial charge in [-0.2, -0.15) is 0 Å². The van der Waals surface area contributed by atoms with Crippen molar-refractivity contribution in [3.8, 4) is 0 Å². The highest BCUT2D eigenvalue weighted by Crippen LogP contribution is 2.45. The van der Waals surface area contributed by atoms with E-state index in [4.69, 9.17) is 4.74 Å². The van der Waals surface area contributed by atoms with Crippen LogP contribution < -0.4 is 0 Å². The topological polar surface area (TPSA) is 9.23 Å². The summed E-state index contributed by atoms with van der Waals surface area (Å²) in [5, 5.41) is 1.16. The van der Waals surface area contributed by atoms with Gasteiger partial charge in [-0.15, -0.1) is 0 Å². The smallest absolute Gasteiger partial charge is 0.0488 e. The number of rotatable bonds is 6. The maximum Gasteiger partial charge on any atom is 0.0488 e. The molecule has 13 heavy (non-hydrogen) atoms. The standard InChI is InChI=1S/C11H21BrO/c1-10(2)8-13-7-6-11(9-12)4-3-5-11/h10H,3-9H2,1-2H3. The van der Waals surface area contributed by atoms with E-state index >= 15 is 0 Å². The Hall–Kier alpha value is 0.440. The van der Waals surface area contributed by atoms with Gasteiger partial charge in [-0.1, -0.05) is 36.2 Å². The van der Waals surface area contributed by atoms with Crippen molar-refractivity contribution in [3.05, 3.63) is 0 Å². The molecule has 2 heteroatoms. The van der Waals surface area contributed by atoms with Gasteiger partial charge in [0.05, 0.1) is 0 Å². The lowest BCUT2D eigenvalue weighted by Gasteiger charge is -2.40. The van der Waals surface area contributed by atoms with E-state index in [1.54, 1.807) is 0 Å². The van der Waals surface area contributed by atoms with E-state index in [1.807, 2.05) is 0 Å². The second-order valence-electron chi connectivity index (χ2n) is 4.71. The second-order valence-corrected chi connectivity index (χ2v) is 5.27. The Morgan fingerprint density at radius 2 is 2.08 bits per heavy atom. The molecule has 0 aromatic rings. The van der Waals surface area contributed by atoms with Crippen molar-refractivity contribution in [2.45, 2.75) is 39.5 Å². The molecule has 1 aliphatic carbocycles. The number of halogens is 1. The first-order valence-electron chi connectivity index (χ1n) is 5.32. The molecule has 0 radical (unpaired) electrons. The van der Waals surface area contributed by atoms with Crippen molar-refractivity contribution in [3.63, 3.8) is 0 Å². The summed E-state index contributed by atoms with van der Waals surface area (Å²) in [6.07, 6.45) is 5.44. The fourth-order valence-electron chi connectivity index (χ4n) is 1.73. The largest absolute Gasteiger partial charge is 0.381 e. The summed E-state index contributed by atoms with van der Waals surface area (Å²) in [6.45, 7) is 6.26. The molecule has 0 saturated heterocycles. The third-order valence-corrected chi connectivity index (χ3v) is 4.12. The Balaban J connectivity index is 2.04. The molecule has 0 aromatic carbocycles. The molecule has 1 fully saturated rings. The molecule has 0 unspecified atom stereocenters. The van der Waals surface area contributed by atoms with E-state index < -0.39 is 0 Å². The van der Waals surface area contributed by atoms with Crippen LogP contribution in [0, 0.1) is 11.3 Å². The Morgan fingerprint density at radius 1 is 1.38 bits per heavy atom. The molecule has 0 amide bonds. The van der Waals surface area contributed by atoms with Crippen molar-refractivity contribution in [1.29, 1.82) is 0 Å². The minimum Gasteiger partial charge on any atom is -0.381 e. The van der Waals surface area contributed by atoms with Crippen molar-refractivity contribution in [2.24, 2.45) is 11.3 Å². The van der Waals surface area contributed by atoms with Gasteiger partial charge in [0.2, 0.25) is 0 Å². The molecule has 1 nitrogen and oxygen atoms in total. The lowest BCUT2D eigenvalue weighted by atomic mass is 9.68. The number of hydrogen-bond donors (Lipinski definition) is 0. The quantitative estimate of drug-likeness (QED) is 0.516. The third-order valence-electron chi connectivity index (χ3n) is 2.93. The molecule has 0 heterocycles. The molecule has 0 aromatic heterocycles. The first kappa shape index (κ1) is 11.5. The summed E-state index contributed by atoms with van der Waals surface area (Å²) in [5.41, 5.74) is 0.594. The van der Waals surface area contributed by atoms with Crippen LogP contribution in [0.25, 0.3) is 0 Å². The Kier molecular flexibility index (Phi) is 4.74. The van der Waals surface area contributed by atoms with Gasteiger partial charge < -0.3 is 4.74 Å². The normalized spacial score (nSPS) is 20.3. The lowest BCUT2D eigenvalue weighted by molar-refractivity contribution is 0.0542. The van der Waals surface area contributed by atoms with Crippen LogP contribution in [0.2, 0.25) is 0 Å². The zero-order chi connectivity index (χ0) is 9.73. The third kappa shape index (κ3) is 3.59. The zero-order valence-corrected chi connectivity index (χ0v) is 10.4. The van der Waals surface area contributed by atoms with Crippen LogP contribution in [0.5, 0.6) is 0 Å². The Labute approximate surface area is 90.4 Å². The molecule has 78 valence electrons. The summed E-state index contributed by atoms with van der Waals surface area (Å²) >= 11 is 3.61. The highest BCUT2D eigenvalue weighted by Gasteiger charge is 2.35. The van der Waals surface area contributed by atoms with Gasteiger partial charge in [-0.3, -0.25) is 0 Å². The summed E-state index contributed by atoms with van der Waals surface area (Å²) in [6, 6.07) is 0. The molecular formula is C11H21BrO. The SMILES string of the molecule is CC(C)COCCC1(CBr)CCC1. The van der Waals surface area contributed by atoms with Crippen LogP contribution in [-0.4, -0.2) is 18.5 Å². The van der Waals surface area contributed by atoms with Crippen molar-refractivity contribution < 1.29 is 4.74 Å². The van der Waals surface area contributed by atoms with Crippen molar-refractivity contribution in [1.82, 2.24) is 0 Å². The molecule has 0 spiro atoms. The Morgan fingerprint density at radius 3 is 2.46 bits per heavy atom. The molecule has 1 rings (SSSR count). The summed E-state index contributed by atoms with van der Waals surface area (Å²) < 4.78 is 5.61. The minimum absolute atomic E-state index is 0.594. The summed E-state index contributed by atoms with van der Waals surface area (Å²) in [5.74, 6) is 0.668. The van der Waals surface area contributed by atoms with Crippen LogP contribution in [-0.2, 0) is 4.74 Å². The van der Waals surface area contributed by atoms with Gasteiger partial charge in [-0.05, 0) is 30.6 Å². The van der Waals surface area contributed by atoms with Gasteiger partial charge in [0.1, 0.15) is 0 Å². The molecule has 0 aliphatic heterocycles. The van der Waals surface area contributed by atoms with E-state index in [0.29, 0.717) is 11.3 Å². The molecule has 1 aliphatic rings. The minimum atomic E-state index is 0.594.